The Morgan fingerprint density at radius 1 is 1.36 bits per heavy atom. The number of hydrogen-bond acceptors (Lipinski definition) is 4. The molecule has 2 atom stereocenters. The molecule has 1 saturated carbocycles. The molecule has 3 rings (SSSR count). The van der Waals surface area contributed by atoms with Gasteiger partial charge in [0.2, 0.25) is 15.9 Å². The summed E-state index contributed by atoms with van der Waals surface area (Å²) < 4.78 is 38.5. The van der Waals surface area contributed by atoms with Crippen LogP contribution in [0.3, 0.4) is 0 Å². The van der Waals surface area contributed by atoms with Crippen LogP contribution in [0.5, 0.6) is 0 Å². The first-order valence-electron chi connectivity index (χ1n) is 8.10. The van der Waals surface area contributed by atoms with Gasteiger partial charge in [-0.1, -0.05) is 12.8 Å². The van der Waals surface area contributed by atoms with E-state index in [1.165, 1.54) is 12.1 Å². The third-order valence-electron chi connectivity index (χ3n) is 5.01. The number of amides is 1. The molecular formula is C16H23ClFN3O3S. The van der Waals surface area contributed by atoms with E-state index in [0.29, 0.717) is 18.2 Å². The molecule has 0 unspecified atom stereocenters. The number of sulfonamides is 1. The zero-order valence-electron chi connectivity index (χ0n) is 14.0. The lowest BCUT2D eigenvalue weighted by molar-refractivity contribution is -0.128. The second kappa shape index (κ2) is 7.47. The molecule has 6 nitrogen and oxygen atoms in total. The lowest BCUT2D eigenvalue weighted by atomic mass is 9.67. The largest absolute Gasteiger partial charge is 0.325 e. The molecule has 0 bridgehead atoms. The summed E-state index contributed by atoms with van der Waals surface area (Å²) in [6, 6.07) is 3.90. The minimum atomic E-state index is -3.59. The summed E-state index contributed by atoms with van der Waals surface area (Å²) in [5.41, 5.74) is -0.201. The maximum Gasteiger partial charge on any atom is 0.232 e. The van der Waals surface area contributed by atoms with Crippen molar-refractivity contribution >= 4 is 39.7 Å². The topological polar surface area (TPSA) is 87.3 Å². The first-order chi connectivity index (χ1) is 11.3. The Balaban J connectivity index is 0.00000225. The van der Waals surface area contributed by atoms with Gasteiger partial charge in [-0.15, -0.1) is 12.4 Å². The molecule has 1 amide bonds. The Morgan fingerprint density at radius 3 is 2.84 bits per heavy atom. The van der Waals surface area contributed by atoms with Crippen LogP contribution >= 0.6 is 12.4 Å². The molecular weight excluding hydrogens is 369 g/mol. The van der Waals surface area contributed by atoms with Crippen molar-refractivity contribution in [3.63, 3.8) is 0 Å². The van der Waals surface area contributed by atoms with Crippen LogP contribution in [0, 0.1) is 17.2 Å². The van der Waals surface area contributed by atoms with Crippen LogP contribution in [0.2, 0.25) is 0 Å². The van der Waals surface area contributed by atoms with Gasteiger partial charge in [0.05, 0.1) is 17.4 Å². The fourth-order valence-corrected chi connectivity index (χ4v) is 4.38. The quantitative estimate of drug-likeness (QED) is 0.735. The summed E-state index contributed by atoms with van der Waals surface area (Å²) in [6.45, 7) is 1.50. The van der Waals surface area contributed by atoms with E-state index in [1.807, 2.05) is 0 Å². The van der Waals surface area contributed by atoms with E-state index in [1.54, 1.807) is 0 Å². The summed E-state index contributed by atoms with van der Waals surface area (Å²) in [5, 5.41) is 6.16. The fraction of sp³-hybridized carbons (Fsp3) is 0.562. The zero-order chi connectivity index (χ0) is 17.4. The SMILES string of the molecule is CS(=O)(=O)Nc1cc(NC(=O)[C@@]23CCCC[C@H]2CNC3)ccc1F.Cl. The third kappa shape index (κ3) is 4.24. The van der Waals surface area contributed by atoms with Crippen molar-refractivity contribution in [3.8, 4) is 0 Å². The van der Waals surface area contributed by atoms with Crippen LogP contribution in [-0.4, -0.2) is 33.7 Å². The molecule has 0 spiro atoms. The lowest BCUT2D eigenvalue weighted by Crippen LogP contribution is -2.44. The first-order valence-corrected chi connectivity index (χ1v) is 9.99. The van der Waals surface area contributed by atoms with Crippen LogP contribution in [0.15, 0.2) is 18.2 Å². The minimum absolute atomic E-state index is 0. The molecule has 25 heavy (non-hydrogen) atoms. The van der Waals surface area contributed by atoms with Crippen LogP contribution in [-0.2, 0) is 14.8 Å². The van der Waals surface area contributed by atoms with E-state index >= 15 is 0 Å². The van der Waals surface area contributed by atoms with Crippen molar-refractivity contribution in [1.82, 2.24) is 5.32 Å². The predicted molar refractivity (Wildman–Crippen MR) is 98.0 cm³/mol. The van der Waals surface area contributed by atoms with E-state index in [2.05, 4.69) is 15.4 Å². The van der Waals surface area contributed by atoms with Crippen molar-refractivity contribution in [2.45, 2.75) is 25.7 Å². The van der Waals surface area contributed by atoms with Gasteiger partial charge in [0, 0.05) is 12.2 Å². The zero-order valence-corrected chi connectivity index (χ0v) is 15.6. The average Bonchev–Trinajstić information content (AvgIpc) is 2.94. The highest BCUT2D eigenvalue weighted by Gasteiger charge is 2.49. The van der Waals surface area contributed by atoms with E-state index in [4.69, 9.17) is 0 Å². The highest BCUT2D eigenvalue weighted by Crippen LogP contribution is 2.44. The summed E-state index contributed by atoms with van der Waals surface area (Å²) in [6.07, 6.45) is 4.99. The number of anilines is 2. The Morgan fingerprint density at radius 2 is 2.12 bits per heavy atom. The van der Waals surface area contributed by atoms with Crippen LogP contribution in [0.4, 0.5) is 15.8 Å². The van der Waals surface area contributed by atoms with Crippen LogP contribution in [0.1, 0.15) is 25.7 Å². The Bertz CT molecular complexity index is 759. The molecule has 3 N–H and O–H groups in total. The minimum Gasteiger partial charge on any atom is -0.325 e. The first kappa shape index (κ1) is 19.9. The second-order valence-corrected chi connectivity index (χ2v) is 8.50. The molecule has 1 heterocycles. The van der Waals surface area contributed by atoms with Gasteiger partial charge in [-0.25, -0.2) is 12.8 Å². The Kier molecular flexibility index (Phi) is 5.96. The van der Waals surface area contributed by atoms with Gasteiger partial charge in [0.15, 0.2) is 0 Å². The van der Waals surface area contributed by atoms with E-state index in [-0.39, 0.29) is 24.0 Å². The van der Waals surface area contributed by atoms with Gasteiger partial charge >= 0.3 is 0 Å². The van der Waals surface area contributed by atoms with Crippen molar-refractivity contribution in [1.29, 1.82) is 0 Å². The molecule has 2 aliphatic rings. The van der Waals surface area contributed by atoms with Crippen molar-refractivity contribution in [2.75, 3.05) is 29.4 Å². The maximum absolute atomic E-state index is 13.8. The number of carbonyl (C=O) groups is 1. The van der Waals surface area contributed by atoms with Gasteiger partial charge in [-0.3, -0.25) is 9.52 Å². The maximum atomic E-state index is 13.8. The lowest BCUT2D eigenvalue weighted by Gasteiger charge is -2.37. The molecule has 2 fully saturated rings. The Labute approximate surface area is 153 Å². The molecule has 140 valence electrons. The molecule has 1 saturated heterocycles. The van der Waals surface area contributed by atoms with Crippen LogP contribution < -0.4 is 15.4 Å². The monoisotopic (exact) mass is 391 g/mol. The third-order valence-corrected chi connectivity index (χ3v) is 5.60. The number of rotatable bonds is 4. The van der Waals surface area contributed by atoms with Gasteiger partial charge < -0.3 is 10.6 Å². The molecule has 1 aliphatic heterocycles. The molecule has 0 radical (unpaired) electrons. The highest BCUT2D eigenvalue weighted by molar-refractivity contribution is 7.92. The fourth-order valence-electron chi connectivity index (χ4n) is 3.83. The normalized spacial score (nSPS) is 25.6. The molecule has 1 aliphatic carbocycles. The van der Waals surface area contributed by atoms with E-state index < -0.39 is 21.3 Å². The molecule has 0 aromatic heterocycles. The number of carbonyl (C=O) groups excluding carboxylic acids is 1. The second-order valence-electron chi connectivity index (χ2n) is 6.75. The van der Waals surface area contributed by atoms with E-state index in [0.717, 1.165) is 44.6 Å². The molecule has 9 heteroatoms. The van der Waals surface area contributed by atoms with Gasteiger partial charge in [-0.2, -0.15) is 0 Å². The summed E-state index contributed by atoms with van der Waals surface area (Å²) in [4.78, 5) is 12.9. The summed E-state index contributed by atoms with van der Waals surface area (Å²) >= 11 is 0. The number of nitrogens with one attached hydrogen (secondary N) is 3. The highest BCUT2D eigenvalue weighted by atomic mass is 35.5. The molecule has 1 aromatic rings. The predicted octanol–water partition coefficient (Wildman–Crippen LogP) is 2.34. The number of halogens is 2. The van der Waals surface area contributed by atoms with Crippen molar-refractivity contribution < 1.29 is 17.6 Å². The Hall–Kier alpha value is -1.38. The smallest absolute Gasteiger partial charge is 0.232 e. The van der Waals surface area contributed by atoms with Gasteiger partial charge in [0.1, 0.15) is 5.82 Å². The van der Waals surface area contributed by atoms with Crippen molar-refractivity contribution in [3.05, 3.63) is 24.0 Å². The van der Waals surface area contributed by atoms with Gasteiger partial charge in [-0.05, 0) is 43.5 Å². The standard InChI is InChI=1S/C16H22FN3O3S.ClH/c1-24(22,23)20-14-8-12(5-6-13(14)17)19-15(21)16-7-3-2-4-11(16)9-18-10-16;/h5-6,8,11,18,20H,2-4,7,9-10H2,1H3,(H,19,21);1H/t11-,16+;/m0./s1. The van der Waals surface area contributed by atoms with Crippen molar-refractivity contribution in [2.24, 2.45) is 11.3 Å². The summed E-state index contributed by atoms with van der Waals surface area (Å²) in [5.74, 6) is -0.441. The number of benzene rings is 1. The van der Waals surface area contributed by atoms with E-state index in [9.17, 15) is 17.6 Å². The summed E-state index contributed by atoms with van der Waals surface area (Å²) in [7, 11) is -3.59. The number of fused-ring (bicyclic) bond motifs is 1. The number of hydrogen-bond donors (Lipinski definition) is 3. The van der Waals surface area contributed by atoms with Crippen LogP contribution in [0.25, 0.3) is 0 Å². The average molecular weight is 392 g/mol. The molecule has 1 aromatic carbocycles. The van der Waals surface area contributed by atoms with Gasteiger partial charge in [0.25, 0.3) is 0 Å².